The normalized spacial score (nSPS) is 6.40. The number of Topliss-reactive ketones (excluding diaryl/α,β-unsaturated/α-hetero) is 1. The van der Waals surface area contributed by atoms with Gasteiger partial charge in [-0.3, -0.25) is 4.79 Å². The van der Waals surface area contributed by atoms with Crippen molar-refractivity contribution in [1.82, 2.24) is 0 Å². The summed E-state index contributed by atoms with van der Waals surface area (Å²) in [5, 5.41) is 0. The second kappa shape index (κ2) is 19.5. The monoisotopic (exact) mass is 314 g/mol. The molecule has 0 atom stereocenters. The van der Waals surface area contributed by atoms with Gasteiger partial charge in [-0.05, 0) is 13.0 Å². The van der Waals surface area contributed by atoms with Gasteiger partial charge in [0.1, 0.15) is 0 Å². The van der Waals surface area contributed by atoms with Crippen molar-refractivity contribution in [2.75, 3.05) is 7.11 Å². The van der Waals surface area contributed by atoms with Crippen molar-refractivity contribution in [1.29, 1.82) is 0 Å². The average Bonchev–Trinajstić information content (AvgIpc) is 2.52. The van der Waals surface area contributed by atoms with Crippen molar-refractivity contribution in [3.8, 4) is 0 Å². The van der Waals surface area contributed by atoms with E-state index in [1.54, 1.807) is 24.3 Å². The topological polar surface area (TPSA) is 103 Å². The predicted molar refractivity (Wildman–Crippen MR) is 59.6 cm³/mol. The Labute approximate surface area is 127 Å². The predicted octanol–water partition coefficient (Wildman–Crippen LogP) is 1.56. The van der Waals surface area contributed by atoms with Gasteiger partial charge in [-0.2, -0.15) is 0 Å². The third-order valence-electron chi connectivity index (χ3n) is 1.71. The third kappa shape index (κ3) is 10.1. The van der Waals surface area contributed by atoms with Crippen LogP contribution in [0.5, 0.6) is 0 Å². The number of hydrogen-bond acceptors (Lipinski definition) is 3. The molecular weight excluding hydrogens is 304 g/mol. The van der Waals surface area contributed by atoms with E-state index >= 15 is 0 Å². The van der Waals surface area contributed by atoms with E-state index in [2.05, 4.69) is 24.7 Å². The Morgan fingerprint density at radius 2 is 1.30 bits per heavy atom. The van der Waals surface area contributed by atoms with Gasteiger partial charge in [0.2, 0.25) is 0 Å². The number of carbonyl (C=O) groups is 2. The maximum Gasteiger partial charge on any atom is 0 e. The molecule has 0 fully saturated rings. The van der Waals surface area contributed by atoms with Crippen LogP contribution in [0.4, 0.5) is 0 Å². The van der Waals surface area contributed by atoms with Gasteiger partial charge in [0.15, 0.2) is 5.78 Å². The van der Waals surface area contributed by atoms with Crippen LogP contribution < -0.4 is 0 Å². The summed E-state index contributed by atoms with van der Waals surface area (Å²) in [7, 11) is 1.29. The van der Waals surface area contributed by atoms with E-state index in [0.29, 0.717) is 11.1 Å². The van der Waals surface area contributed by atoms with Crippen LogP contribution in [0.1, 0.15) is 27.6 Å². The fourth-order valence-corrected chi connectivity index (χ4v) is 1.08. The molecule has 0 heterocycles. The van der Waals surface area contributed by atoms with Gasteiger partial charge in [-0.1, -0.05) is 18.2 Å². The molecular formula is C13H10CrO6. The minimum absolute atomic E-state index is 0. The molecule has 0 radical (unpaired) electrons. The van der Waals surface area contributed by atoms with Crippen molar-refractivity contribution in [2.45, 2.75) is 6.92 Å². The van der Waals surface area contributed by atoms with Crippen molar-refractivity contribution < 1.29 is 45.6 Å². The Hall–Kier alpha value is -1.89. The summed E-state index contributed by atoms with van der Waals surface area (Å²) in [6.07, 6.45) is 0. The van der Waals surface area contributed by atoms with Crippen molar-refractivity contribution in [3.05, 3.63) is 55.3 Å². The molecule has 0 bridgehead atoms. The first-order valence-electron chi connectivity index (χ1n) is 4.46. The van der Waals surface area contributed by atoms with Gasteiger partial charge in [0.05, 0.1) is 12.7 Å². The molecule has 0 N–H and O–H groups in total. The van der Waals surface area contributed by atoms with E-state index in [-0.39, 0.29) is 23.1 Å². The summed E-state index contributed by atoms with van der Waals surface area (Å²) in [5.74, 6) is -0.619. The molecule has 0 aliphatic carbocycles. The Morgan fingerprint density at radius 3 is 1.60 bits per heavy atom. The standard InChI is InChI=1S/C10H10O3.3CO.Cr/c1-7(11)8-5-3-4-6-9(8)10(12)13-2;3*1-2;/h3-6H,1-2H3;;;;. The van der Waals surface area contributed by atoms with Gasteiger partial charge in [-0.15, -0.1) is 0 Å². The zero-order valence-electron chi connectivity index (χ0n) is 10.7. The molecule has 0 unspecified atom stereocenters. The molecule has 0 aliphatic rings. The van der Waals surface area contributed by atoms with E-state index in [0.717, 1.165) is 0 Å². The summed E-state index contributed by atoms with van der Waals surface area (Å²) in [4.78, 5) is 22.2. The van der Waals surface area contributed by atoms with Gasteiger partial charge in [0, 0.05) is 22.9 Å². The summed E-state index contributed by atoms with van der Waals surface area (Å²) in [6.45, 7) is 14.9. The second-order valence-corrected chi connectivity index (χ2v) is 2.59. The first-order valence-corrected chi connectivity index (χ1v) is 4.46. The largest absolute Gasteiger partial charge is 0 e. The number of ether oxygens (including phenoxy) is 1. The summed E-state index contributed by atoms with van der Waals surface area (Å²) in [6, 6.07) is 6.58. The molecule has 7 heteroatoms. The number of ketones is 1. The Bertz CT molecular complexity index is 447. The summed E-state index contributed by atoms with van der Waals surface area (Å²) >= 11 is 0. The molecule has 0 amide bonds. The van der Waals surface area contributed by atoms with Gasteiger partial charge in [0.25, 0.3) is 0 Å². The molecule has 1 aromatic rings. The summed E-state index contributed by atoms with van der Waals surface area (Å²) < 4.78 is 27.0. The molecule has 1 rings (SSSR count). The Morgan fingerprint density at radius 1 is 0.950 bits per heavy atom. The second-order valence-electron chi connectivity index (χ2n) is 2.59. The van der Waals surface area contributed by atoms with Crippen molar-refractivity contribution in [3.63, 3.8) is 0 Å². The van der Waals surface area contributed by atoms with Gasteiger partial charge in [-0.25, -0.2) is 4.79 Å². The zero-order valence-corrected chi connectivity index (χ0v) is 11.9. The minimum Gasteiger partial charge on any atom is 0 e. The van der Waals surface area contributed by atoms with Crippen LogP contribution >= 0.6 is 0 Å². The first-order chi connectivity index (χ1) is 9.16. The van der Waals surface area contributed by atoms with Crippen LogP contribution in [0.2, 0.25) is 0 Å². The zero-order chi connectivity index (χ0) is 15.8. The number of hydrogen-bond donors (Lipinski definition) is 0. The molecule has 20 heavy (non-hydrogen) atoms. The van der Waals surface area contributed by atoms with Crippen LogP contribution in [0.3, 0.4) is 0 Å². The SMILES string of the molecule is COC(=O)c1ccccc1C(C)=O.[C-]#[O+].[C-]#[O+].[C-]#[O+].[Cr]. The summed E-state index contributed by atoms with van der Waals surface area (Å²) in [5.41, 5.74) is 0.715. The van der Waals surface area contributed by atoms with Crippen LogP contribution in [0.25, 0.3) is 0 Å². The number of carbonyl (C=O) groups excluding carboxylic acids is 2. The smallest absolute Gasteiger partial charge is 0 e. The van der Waals surface area contributed by atoms with Crippen molar-refractivity contribution >= 4 is 11.8 Å². The van der Waals surface area contributed by atoms with E-state index in [9.17, 15) is 9.59 Å². The van der Waals surface area contributed by atoms with Crippen LogP contribution in [-0.4, -0.2) is 18.9 Å². The fraction of sp³-hybridized carbons (Fsp3) is 0.154. The molecule has 1 aromatic carbocycles. The molecule has 0 aliphatic heterocycles. The van der Waals surface area contributed by atoms with Crippen LogP contribution in [0, 0.1) is 20.0 Å². The number of rotatable bonds is 2. The van der Waals surface area contributed by atoms with E-state index in [1.165, 1.54) is 14.0 Å². The average molecular weight is 314 g/mol. The van der Waals surface area contributed by atoms with Crippen LogP contribution in [-0.2, 0) is 36.1 Å². The third-order valence-corrected chi connectivity index (χ3v) is 1.71. The quantitative estimate of drug-likeness (QED) is 0.358. The Balaban J connectivity index is -0.000000162. The minimum atomic E-state index is -0.481. The maximum absolute atomic E-state index is 11.2. The van der Waals surface area contributed by atoms with Crippen LogP contribution in [0.15, 0.2) is 24.3 Å². The maximum atomic E-state index is 11.2. The first kappa shape index (κ1) is 26.6. The van der Waals surface area contributed by atoms with E-state index in [4.69, 9.17) is 14.0 Å². The van der Waals surface area contributed by atoms with Gasteiger partial charge >= 0.3 is 39.9 Å². The molecule has 0 saturated carbocycles. The number of esters is 1. The molecule has 0 spiro atoms. The Kier molecular flexibility index (Phi) is 25.9. The molecule has 0 saturated heterocycles. The molecule has 104 valence electrons. The van der Waals surface area contributed by atoms with E-state index in [1.807, 2.05) is 0 Å². The number of benzene rings is 1. The van der Waals surface area contributed by atoms with E-state index < -0.39 is 5.97 Å². The van der Waals surface area contributed by atoms with Crippen molar-refractivity contribution in [2.24, 2.45) is 0 Å². The molecule has 0 aromatic heterocycles. The number of methoxy groups -OCH3 is 1. The van der Waals surface area contributed by atoms with Gasteiger partial charge < -0.3 is 4.74 Å². The fourth-order valence-electron chi connectivity index (χ4n) is 1.08. The molecule has 6 nitrogen and oxygen atoms in total.